The van der Waals surface area contributed by atoms with Gasteiger partial charge in [0.15, 0.2) is 0 Å². The van der Waals surface area contributed by atoms with Crippen LogP contribution in [0.5, 0.6) is 0 Å². The van der Waals surface area contributed by atoms with Crippen molar-refractivity contribution in [2.45, 2.75) is 19.3 Å². The summed E-state index contributed by atoms with van der Waals surface area (Å²) in [5.74, 6) is 0.791. The molecule has 6 rings (SSSR count). The summed E-state index contributed by atoms with van der Waals surface area (Å²) in [5.41, 5.74) is 7.54. The zero-order valence-corrected chi connectivity index (χ0v) is 19.1. The van der Waals surface area contributed by atoms with E-state index in [-0.39, 0.29) is 11.8 Å². The third-order valence-electron chi connectivity index (χ3n) is 6.91. The molecule has 7 nitrogen and oxygen atoms in total. The first kappa shape index (κ1) is 20.7. The normalized spacial score (nSPS) is 16.4. The number of aromatic nitrogens is 4. The molecule has 5 heterocycles. The molecule has 0 atom stereocenters. The molecule has 1 fully saturated rings. The van der Waals surface area contributed by atoms with E-state index < -0.39 is 0 Å². The summed E-state index contributed by atoms with van der Waals surface area (Å²) < 4.78 is 1.89. The van der Waals surface area contributed by atoms with E-state index in [2.05, 4.69) is 51.6 Å². The van der Waals surface area contributed by atoms with Gasteiger partial charge in [0.05, 0.1) is 17.4 Å². The summed E-state index contributed by atoms with van der Waals surface area (Å²) in [7, 11) is 2.10. The second kappa shape index (κ2) is 8.50. The predicted molar refractivity (Wildman–Crippen MR) is 132 cm³/mol. The first-order valence-electron chi connectivity index (χ1n) is 11.7. The van der Waals surface area contributed by atoms with Crippen LogP contribution in [0.4, 0.5) is 5.82 Å². The van der Waals surface area contributed by atoms with Crippen molar-refractivity contribution in [1.29, 1.82) is 0 Å². The highest BCUT2D eigenvalue weighted by Gasteiger charge is 2.24. The standard InChI is InChI=1S/C27H26N6O/c1-32-12-8-18(9-13-32)27(34)31-26-7-5-22-21(4-6-24(22)30-26)19-10-14-33-25(15-19)23(17-29-33)20-3-2-11-28-16-20/h2-5,7,10-11,14-18H,6,8-9,12-13H2,1H3,(H,30,31,34). The third-order valence-corrected chi connectivity index (χ3v) is 6.91. The summed E-state index contributed by atoms with van der Waals surface area (Å²) in [5, 5.41) is 7.55. The average Bonchev–Trinajstić information content (AvgIpc) is 3.48. The number of amides is 1. The van der Waals surface area contributed by atoms with Gasteiger partial charge in [0.25, 0.3) is 0 Å². The minimum atomic E-state index is 0.0660. The monoisotopic (exact) mass is 450 g/mol. The Bertz CT molecular complexity index is 1400. The Kier molecular flexibility index (Phi) is 5.19. The second-order valence-corrected chi connectivity index (χ2v) is 9.12. The minimum Gasteiger partial charge on any atom is -0.310 e. The van der Waals surface area contributed by atoms with Crippen molar-refractivity contribution < 1.29 is 4.79 Å². The lowest BCUT2D eigenvalue weighted by molar-refractivity contribution is -0.121. The number of piperidine rings is 1. The van der Waals surface area contributed by atoms with Crippen LogP contribution in [0.2, 0.25) is 0 Å². The molecule has 1 amide bonds. The van der Waals surface area contributed by atoms with Gasteiger partial charge in [-0.15, -0.1) is 0 Å². The Hall–Kier alpha value is -3.84. The van der Waals surface area contributed by atoms with Crippen LogP contribution in [-0.2, 0) is 11.2 Å². The Morgan fingerprint density at radius 3 is 2.76 bits per heavy atom. The molecule has 34 heavy (non-hydrogen) atoms. The van der Waals surface area contributed by atoms with Crippen LogP contribution in [0.25, 0.3) is 22.2 Å². The van der Waals surface area contributed by atoms with Gasteiger partial charge in [-0.3, -0.25) is 9.78 Å². The number of pyridine rings is 3. The lowest BCUT2D eigenvalue weighted by Crippen LogP contribution is -2.36. The topological polar surface area (TPSA) is 75.4 Å². The summed E-state index contributed by atoms with van der Waals surface area (Å²) in [6.07, 6.45) is 12.3. The SMILES string of the molecule is CN1CCC(C(=O)Nc2ccc3c(n2)CC=C3c2ccn3ncc(-c4cccnc4)c3c2)CC1. The molecular weight excluding hydrogens is 424 g/mol. The molecular formula is C27H26N6O. The molecule has 7 heteroatoms. The van der Waals surface area contributed by atoms with Crippen LogP contribution in [0.3, 0.4) is 0 Å². The van der Waals surface area contributed by atoms with E-state index in [1.807, 2.05) is 41.3 Å². The van der Waals surface area contributed by atoms with E-state index >= 15 is 0 Å². The number of fused-ring (bicyclic) bond motifs is 2. The molecule has 1 aliphatic carbocycles. The van der Waals surface area contributed by atoms with Crippen LogP contribution in [0.1, 0.15) is 29.7 Å². The summed E-state index contributed by atoms with van der Waals surface area (Å²) in [4.78, 5) is 24.0. The molecule has 1 saturated heterocycles. The number of hydrogen-bond donors (Lipinski definition) is 1. The molecule has 0 unspecified atom stereocenters. The molecule has 0 aromatic carbocycles. The number of carbonyl (C=O) groups excluding carboxylic acids is 1. The van der Waals surface area contributed by atoms with Gasteiger partial charge >= 0.3 is 0 Å². The minimum absolute atomic E-state index is 0.0660. The summed E-state index contributed by atoms with van der Waals surface area (Å²) in [6.45, 7) is 1.93. The largest absolute Gasteiger partial charge is 0.310 e. The molecule has 4 aromatic rings. The van der Waals surface area contributed by atoms with Crippen LogP contribution >= 0.6 is 0 Å². The number of hydrogen-bond acceptors (Lipinski definition) is 5. The zero-order valence-electron chi connectivity index (χ0n) is 19.1. The smallest absolute Gasteiger partial charge is 0.228 e. The highest BCUT2D eigenvalue weighted by atomic mass is 16.1. The van der Waals surface area contributed by atoms with Gasteiger partial charge in [0.2, 0.25) is 5.91 Å². The number of allylic oxidation sites excluding steroid dienone is 1. The number of anilines is 1. The maximum atomic E-state index is 12.7. The first-order valence-corrected chi connectivity index (χ1v) is 11.7. The van der Waals surface area contributed by atoms with Crippen molar-refractivity contribution in [2.24, 2.45) is 5.92 Å². The van der Waals surface area contributed by atoms with Crippen molar-refractivity contribution in [3.8, 4) is 11.1 Å². The Balaban J connectivity index is 1.25. The number of likely N-dealkylation sites (tertiary alicyclic amines) is 1. The van der Waals surface area contributed by atoms with Crippen LogP contribution in [0.15, 0.2) is 67.3 Å². The Labute approximate surface area is 198 Å². The van der Waals surface area contributed by atoms with E-state index in [4.69, 9.17) is 4.98 Å². The van der Waals surface area contributed by atoms with E-state index in [1.54, 1.807) is 6.20 Å². The molecule has 0 radical (unpaired) electrons. The molecule has 2 aliphatic rings. The van der Waals surface area contributed by atoms with E-state index in [9.17, 15) is 4.79 Å². The Morgan fingerprint density at radius 2 is 1.94 bits per heavy atom. The zero-order chi connectivity index (χ0) is 23.1. The van der Waals surface area contributed by atoms with E-state index in [1.165, 1.54) is 0 Å². The van der Waals surface area contributed by atoms with Gasteiger partial charge in [-0.05, 0) is 74.4 Å². The fraction of sp³-hybridized carbons (Fsp3) is 0.259. The van der Waals surface area contributed by atoms with Gasteiger partial charge in [-0.2, -0.15) is 5.10 Å². The van der Waals surface area contributed by atoms with Gasteiger partial charge in [-0.25, -0.2) is 9.50 Å². The van der Waals surface area contributed by atoms with Gasteiger partial charge in [0, 0.05) is 47.6 Å². The molecule has 1 N–H and O–H groups in total. The van der Waals surface area contributed by atoms with Crippen molar-refractivity contribution in [1.82, 2.24) is 24.5 Å². The van der Waals surface area contributed by atoms with Crippen molar-refractivity contribution in [3.05, 3.63) is 84.1 Å². The highest BCUT2D eigenvalue weighted by Crippen LogP contribution is 2.34. The van der Waals surface area contributed by atoms with E-state index in [0.29, 0.717) is 5.82 Å². The number of rotatable bonds is 4. The van der Waals surface area contributed by atoms with Crippen molar-refractivity contribution in [2.75, 3.05) is 25.5 Å². The van der Waals surface area contributed by atoms with Crippen molar-refractivity contribution >= 4 is 22.8 Å². The summed E-state index contributed by atoms with van der Waals surface area (Å²) >= 11 is 0. The number of nitrogens with zero attached hydrogens (tertiary/aromatic N) is 5. The predicted octanol–water partition coefficient (Wildman–Crippen LogP) is 4.06. The maximum absolute atomic E-state index is 12.7. The quantitative estimate of drug-likeness (QED) is 0.508. The second-order valence-electron chi connectivity index (χ2n) is 9.12. The Morgan fingerprint density at radius 1 is 1.06 bits per heavy atom. The van der Waals surface area contributed by atoms with Gasteiger partial charge in [0.1, 0.15) is 5.82 Å². The fourth-order valence-electron chi connectivity index (χ4n) is 4.95. The molecule has 170 valence electrons. The third kappa shape index (κ3) is 3.78. The molecule has 0 bridgehead atoms. The fourth-order valence-corrected chi connectivity index (χ4v) is 4.95. The van der Waals surface area contributed by atoms with Crippen LogP contribution in [-0.4, -0.2) is 50.5 Å². The first-order chi connectivity index (χ1) is 16.7. The van der Waals surface area contributed by atoms with E-state index in [0.717, 1.165) is 71.4 Å². The van der Waals surface area contributed by atoms with Crippen molar-refractivity contribution in [3.63, 3.8) is 0 Å². The lowest BCUT2D eigenvalue weighted by Gasteiger charge is -2.27. The van der Waals surface area contributed by atoms with Crippen LogP contribution in [0, 0.1) is 5.92 Å². The van der Waals surface area contributed by atoms with Gasteiger partial charge in [-0.1, -0.05) is 12.1 Å². The molecule has 1 aliphatic heterocycles. The summed E-state index contributed by atoms with van der Waals surface area (Å²) in [6, 6.07) is 12.2. The highest BCUT2D eigenvalue weighted by molar-refractivity contribution is 5.93. The molecule has 0 spiro atoms. The number of carbonyl (C=O) groups is 1. The lowest BCUT2D eigenvalue weighted by atomic mass is 9.96. The average molecular weight is 451 g/mol. The number of nitrogens with one attached hydrogen (secondary N) is 1. The van der Waals surface area contributed by atoms with Gasteiger partial charge < -0.3 is 10.2 Å². The maximum Gasteiger partial charge on any atom is 0.228 e. The molecule has 0 saturated carbocycles. The van der Waals surface area contributed by atoms with Crippen LogP contribution < -0.4 is 5.32 Å². The molecule has 4 aromatic heterocycles.